The number of likely N-dealkylation sites (tertiary alicyclic amines) is 1. The number of rotatable bonds is 10. The summed E-state index contributed by atoms with van der Waals surface area (Å²) in [6, 6.07) is 9.69. The van der Waals surface area contributed by atoms with Crippen LogP contribution in [0.3, 0.4) is 0 Å². The number of ketones is 4. The normalized spacial score (nSPS) is 19.9. The standard InChI is InChI=1S/C26H37NO4/c1-18(24(31)23(30)16-19(2)28)15-22(29)21(20-11-8-7-9-12-20)17-27-25(3,4)13-10-14-26(27,5)6/h7-9,11-12,18,21H,10,13-17H2,1-6H3. The van der Waals surface area contributed by atoms with Gasteiger partial charge in [0.25, 0.3) is 0 Å². The Hall–Kier alpha value is -2.14. The van der Waals surface area contributed by atoms with Crippen molar-refractivity contribution >= 4 is 23.1 Å². The van der Waals surface area contributed by atoms with Crippen LogP contribution in [0.15, 0.2) is 30.3 Å². The Bertz CT molecular complexity index is 809. The van der Waals surface area contributed by atoms with Gasteiger partial charge in [0.15, 0.2) is 0 Å². The first-order chi connectivity index (χ1) is 14.3. The molecule has 0 aromatic heterocycles. The largest absolute Gasteiger partial charge is 0.300 e. The lowest BCUT2D eigenvalue weighted by atomic mass is 9.77. The van der Waals surface area contributed by atoms with E-state index in [2.05, 4.69) is 32.6 Å². The fourth-order valence-corrected chi connectivity index (χ4v) is 4.92. The van der Waals surface area contributed by atoms with E-state index in [0.29, 0.717) is 6.54 Å². The first kappa shape index (κ1) is 25.1. The second kappa shape index (κ2) is 9.99. The van der Waals surface area contributed by atoms with Gasteiger partial charge in [-0.05, 0) is 59.4 Å². The molecule has 31 heavy (non-hydrogen) atoms. The second-order valence-electron chi connectivity index (χ2n) is 10.3. The lowest BCUT2D eigenvalue weighted by molar-refractivity contribution is -0.141. The molecule has 170 valence electrons. The van der Waals surface area contributed by atoms with Gasteiger partial charge in [-0.2, -0.15) is 0 Å². The van der Waals surface area contributed by atoms with Gasteiger partial charge in [0.2, 0.25) is 11.6 Å². The van der Waals surface area contributed by atoms with E-state index in [1.54, 1.807) is 6.92 Å². The highest BCUT2D eigenvalue weighted by molar-refractivity contribution is 6.41. The van der Waals surface area contributed by atoms with E-state index in [9.17, 15) is 19.2 Å². The fourth-order valence-electron chi connectivity index (χ4n) is 4.92. The average Bonchev–Trinajstić information content (AvgIpc) is 2.66. The van der Waals surface area contributed by atoms with Gasteiger partial charge in [0, 0.05) is 30.0 Å². The van der Waals surface area contributed by atoms with E-state index in [1.807, 2.05) is 30.3 Å². The highest BCUT2D eigenvalue weighted by Gasteiger charge is 2.43. The van der Waals surface area contributed by atoms with Gasteiger partial charge >= 0.3 is 0 Å². The molecule has 1 aromatic rings. The Balaban J connectivity index is 2.26. The van der Waals surface area contributed by atoms with Gasteiger partial charge < -0.3 is 0 Å². The number of Topliss-reactive ketones (excluding diaryl/α,β-unsaturated/α-hetero) is 4. The molecule has 0 saturated carbocycles. The average molecular weight is 428 g/mol. The summed E-state index contributed by atoms with van der Waals surface area (Å²) in [5.41, 5.74) is 0.862. The summed E-state index contributed by atoms with van der Waals surface area (Å²) >= 11 is 0. The molecule has 2 unspecified atom stereocenters. The van der Waals surface area contributed by atoms with Crippen LogP contribution in [0.2, 0.25) is 0 Å². The van der Waals surface area contributed by atoms with Crippen LogP contribution in [0.1, 0.15) is 85.1 Å². The molecule has 0 N–H and O–H groups in total. The molecular formula is C26H37NO4. The van der Waals surface area contributed by atoms with Crippen molar-refractivity contribution in [1.29, 1.82) is 0 Å². The molecule has 1 fully saturated rings. The zero-order valence-electron chi connectivity index (χ0n) is 19.9. The van der Waals surface area contributed by atoms with Crippen LogP contribution >= 0.6 is 0 Å². The van der Waals surface area contributed by atoms with Gasteiger partial charge in [-0.15, -0.1) is 0 Å². The summed E-state index contributed by atoms with van der Waals surface area (Å²) in [6.45, 7) is 12.4. The van der Waals surface area contributed by atoms with E-state index in [0.717, 1.165) is 24.8 Å². The number of hydrogen-bond donors (Lipinski definition) is 0. The number of piperidine rings is 1. The van der Waals surface area contributed by atoms with Crippen molar-refractivity contribution in [2.45, 2.75) is 90.6 Å². The molecule has 0 radical (unpaired) electrons. The van der Waals surface area contributed by atoms with Crippen molar-refractivity contribution in [1.82, 2.24) is 4.90 Å². The second-order valence-corrected chi connectivity index (χ2v) is 10.3. The number of benzene rings is 1. The third kappa shape index (κ3) is 6.42. The summed E-state index contributed by atoms with van der Waals surface area (Å²) in [5.74, 6) is -2.83. The molecule has 1 heterocycles. The molecule has 2 rings (SSSR count). The van der Waals surface area contributed by atoms with Crippen LogP contribution < -0.4 is 0 Å². The zero-order valence-corrected chi connectivity index (χ0v) is 19.9. The predicted octanol–water partition coefficient (Wildman–Crippen LogP) is 4.53. The number of nitrogens with zero attached hydrogens (tertiary/aromatic N) is 1. The van der Waals surface area contributed by atoms with Crippen molar-refractivity contribution in [3.63, 3.8) is 0 Å². The first-order valence-electron chi connectivity index (χ1n) is 11.3. The maximum atomic E-state index is 13.4. The zero-order chi connectivity index (χ0) is 23.4. The Morgan fingerprint density at radius 2 is 1.52 bits per heavy atom. The van der Waals surface area contributed by atoms with Crippen LogP contribution in [0, 0.1) is 5.92 Å². The maximum absolute atomic E-state index is 13.4. The lowest BCUT2D eigenvalue weighted by Crippen LogP contribution is -2.59. The van der Waals surface area contributed by atoms with E-state index >= 15 is 0 Å². The minimum absolute atomic E-state index is 0.00324. The molecular weight excluding hydrogens is 390 g/mol. The van der Waals surface area contributed by atoms with Crippen molar-refractivity contribution in [2.75, 3.05) is 6.54 Å². The van der Waals surface area contributed by atoms with Crippen LogP contribution in [0.25, 0.3) is 0 Å². The Morgan fingerprint density at radius 3 is 2.03 bits per heavy atom. The van der Waals surface area contributed by atoms with E-state index in [1.165, 1.54) is 6.92 Å². The molecule has 0 amide bonds. The third-order valence-corrected chi connectivity index (χ3v) is 6.63. The number of carbonyl (C=O) groups is 4. The summed E-state index contributed by atoms with van der Waals surface area (Å²) in [6.07, 6.45) is 2.90. The molecule has 0 bridgehead atoms. The third-order valence-electron chi connectivity index (χ3n) is 6.63. The van der Waals surface area contributed by atoms with Crippen LogP contribution in [0.5, 0.6) is 0 Å². The van der Waals surface area contributed by atoms with Crippen molar-refractivity contribution in [3.8, 4) is 0 Å². The van der Waals surface area contributed by atoms with Crippen molar-refractivity contribution < 1.29 is 19.2 Å². The summed E-state index contributed by atoms with van der Waals surface area (Å²) in [5, 5.41) is 0. The van der Waals surface area contributed by atoms with Gasteiger partial charge in [-0.3, -0.25) is 24.1 Å². The number of hydrogen-bond acceptors (Lipinski definition) is 5. The van der Waals surface area contributed by atoms with E-state index in [4.69, 9.17) is 0 Å². The molecule has 1 saturated heterocycles. The molecule has 5 heteroatoms. The Kier molecular flexibility index (Phi) is 8.09. The van der Waals surface area contributed by atoms with Crippen LogP contribution in [-0.2, 0) is 19.2 Å². The number of carbonyl (C=O) groups excluding carboxylic acids is 4. The molecule has 0 aliphatic carbocycles. The Morgan fingerprint density at radius 1 is 0.968 bits per heavy atom. The predicted molar refractivity (Wildman–Crippen MR) is 122 cm³/mol. The Labute approximate surface area is 186 Å². The lowest BCUT2D eigenvalue weighted by Gasteiger charge is -2.54. The quantitative estimate of drug-likeness (QED) is 0.405. The molecule has 1 aliphatic rings. The molecule has 1 aromatic carbocycles. The monoisotopic (exact) mass is 427 g/mol. The first-order valence-corrected chi connectivity index (χ1v) is 11.3. The van der Waals surface area contributed by atoms with Gasteiger partial charge in [-0.1, -0.05) is 37.3 Å². The molecule has 0 spiro atoms. The van der Waals surface area contributed by atoms with Gasteiger partial charge in [-0.25, -0.2) is 0 Å². The molecule has 5 nitrogen and oxygen atoms in total. The van der Waals surface area contributed by atoms with Crippen LogP contribution in [0.4, 0.5) is 0 Å². The highest BCUT2D eigenvalue weighted by atomic mass is 16.2. The van der Waals surface area contributed by atoms with Crippen molar-refractivity contribution in [2.24, 2.45) is 5.92 Å². The summed E-state index contributed by atoms with van der Waals surface area (Å²) in [7, 11) is 0. The summed E-state index contributed by atoms with van der Waals surface area (Å²) in [4.78, 5) is 51.5. The minimum atomic E-state index is -0.729. The SMILES string of the molecule is CC(=O)CC(=O)C(=O)C(C)CC(=O)C(CN1C(C)(C)CCCC1(C)C)c1ccccc1. The minimum Gasteiger partial charge on any atom is -0.300 e. The van der Waals surface area contributed by atoms with Gasteiger partial charge in [0.05, 0.1) is 12.3 Å². The highest BCUT2D eigenvalue weighted by Crippen LogP contribution is 2.40. The molecule has 1 aliphatic heterocycles. The maximum Gasteiger partial charge on any atom is 0.206 e. The topological polar surface area (TPSA) is 71.5 Å². The van der Waals surface area contributed by atoms with Crippen LogP contribution in [-0.4, -0.2) is 45.7 Å². The van der Waals surface area contributed by atoms with Crippen molar-refractivity contribution in [3.05, 3.63) is 35.9 Å². The summed E-state index contributed by atoms with van der Waals surface area (Å²) < 4.78 is 0. The smallest absolute Gasteiger partial charge is 0.206 e. The molecule has 2 atom stereocenters. The van der Waals surface area contributed by atoms with E-state index in [-0.39, 0.29) is 35.0 Å². The van der Waals surface area contributed by atoms with Gasteiger partial charge in [0.1, 0.15) is 11.6 Å². The van der Waals surface area contributed by atoms with E-state index < -0.39 is 23.9 Å². The fraction of sp³-hybridized carbons (Fsp3) is 0.615.